The maximum atomic E-state index is 11.3. The van der Waals surface area contributed by atoms with Crippen LogP contribution in [0.3, 0.4) is 0 Å². The minimum absolute atomic E-state index is 0.170. The molecule has 0 saturated carbocycles. The molecule has 0 heterocycles. The summed E-state index contributed by atoms with van der Waals surface area (Å²) < 4.78 is 0. The van der Waals surface area contributed by atoms with E-state index in [1.54, 1.807) is 12.1 Å². The first-order valence-electron chi connectivity index (χ1n) is 9.60. The Bertz CT molecular complexity index is 688. The maximum absolute atomic E-state index is 11.3. The van der Waals surface area contributed by atoms with Gasteiger partial charge in [0.15, 0.2) is 0 Å². The van der Waals surface area contributed by atoms with Crippen LogP contribution in [-0.2, 0) is 0 Å². The van der Waals surface area contributed by atoms with Gasteiger partial charge in [0.05, 0.1) is 6.10 Å². The topological polar surface area (TPSA) is 87.4 Å². The summed E-state index contributed by atoms with van der Waals surface area (Å²) in [5, 5.41) is 17.3. The Morgan fingerprint density at radius 2 is 1.70 bits per heavy atom. The van der Waals surface area contributed by atoms with E-state index in [9.17, 15) is 9.90 Å². The Labute approximate surface area is 162 Å². The number of carbonyl (C=O) groups excluding carboxylic acids is 1. The number of hydrogen-bond donors (Lipinski definition) is 4. The highest BCUT2D eigenvalue weighted by Gasteiger charge is 2.16. The maximum Gasteiger partial charge on any atom is 0.248 e. The number of rotatable bonds is 11. The Kier molecular flexibility index (Phi) is 8.45. The molecule has 146 valence electrons. The standard InChI is InChI=1S/C22H31N3O2/c1-3-13-24-20(17-9-11-19(12-10-17)22(23)27)14-16(2)25-15-21(26)18-7-5-4-6-8-18/h4-12,16,20-21,24-26H,3,13-15H2,1-2H3,(H2,23,27)/t16?,20-,21-/m0/s1. The van der Waals surface area contributed by atoms with Crippen LogP contribution in [0.1, 0.15) is 60.3 Å². The summed E-state index contributed by atoms with van der Waals surface area (Å²) in [7, 11) is 0. The molecule has 0 aliphatic rings. The molecule has 0 aromatic heterocycles. The quantitative estimate of drug-likeness (QED) is 0.490. The van der Waals surface area contributed by atoms with E-state index in [1.165, 1.54) is 0 Å². The van der Waals surface area contributed by atoms with Gasteiger partial charge >= 0.3 is 0 Å². The summed E-state index contributed by atoms with van der Waals surface area (Å²) in [5.74, 6) is -0.412. The van der Waals surface area contributed by atoms with Gasteiger partial charge in [0, 0.05) is 24.2 Å². The van der Waals surface area contributed by atoms with Crippen molar-refractivity contribution in [2.45, 2.75) is 44.9 Å². The number of hydrogen-bond acceptors (Lipinski definition) is 4. The third-order valence-corrected chi connectivity index (χ3v) is 4.67. The molecule has 27 heavy (non-hydrogen) atoms. The Hall–Kier alpha value is -2.21. The third kappa shape index (κ3) is 6.79. The fourth-order valence-corrected chi connectivity index (χ4v) is 3.08. The van der Waals surface area contributed by atoms with Gasteiger partial charge in [-0.05, 0) is 49.6 Å². The van der Waals surface area contributed by atoms with Gasteiger partial charge < -0.3 is 21.5 Å². The zero-order valence-electron chi connectivity index (χ0n) is 16.2. The van der Waals surface area contributed by atoms with Crippen LogP contribution in [0.5, 0.6) is 0 Å². The molecule has 0 saturated heterocycles. The van der Waals surface area contributed by atoms with Gasteiger partial charge in [0.25, 0.3) is 0 Å². The number of amides is 1. The third-order valence-electron chi connectivity index (χ3n) is 4.67. The lowest BCUT2D eigenvalue weighted by molar-refractivity contribution is 0.1000. The zero-order valence-corrected chi connectivity index (χ0v) is 16.2. The van der Waals surface area contributed by atoms with Gasteiger partial charge in [-0.15, -0.1) is 0 Å². The van der Waals surface area contributed by atoms with Crippen molar-refractivity contribution in [3.63, 3.8) is 0 Å². The molecule has 3 atom stereocenters. The van der Waals surface area contributed by atoms with Gasteiger partial charge in [-0.3, -0.25) is 4.79 Å². The molecule has 0 fully saturated rings. The number of nitrogens with two attached hydrogens (primary N) is 1. The van der Waals surface area contributed by atoms with Gasteiger partial charge in [-0.2, -0.15) is 0 Å². The number of nitrogens with one attached hydrogen (secondary N) is 2. The minimum atomic E-state index is -0.523. The van der Waals surface area contributed by atoms with Crippen molar-refractivity contribution in [2.24, 2.45) is 5.73 Å². The van der Waals surface area contributed by atoms with Crippen LogP contribution in [0.2, 0.25) is 0 Å². The predicted molar refractivity (Wildman–Crippen MR) is 109 cm³/mol. The summed E-state index contributed by atoms with van der Waals surface area (Å²) in [6, 6.07) is 17.5. The Balaban J connectivity index is 1.94. The highest BCUT2D eigenvalue weighted by Crippen LogP contribution is 2.20. The summed E-state index contributed by atoms with van der Waals surface area (Å²) in [6.45, 7) is 5.68. The van der Waals surface area contributed by atoms with Crippen LogP contribution < -0.4 is 16.4 Å². The Morgan fingerprint density at radius 1 is 1.04 bits per heavy atom. The number of benzene rings is 2. The second-order valence-electron chi connectivity index (χ2n) is 6.96. The monoisotopic (exact) mass is 369 g/mol. The predicted octanol–water partition coefficient (Wildman–Crippen LogP) is 2.93. The second-order valence-corrected chi connectivity index (χ2v) is 6.96. The number of aliphatic hydroxyl groups is 1. The minimum Gasteiger partial charge on any atom is -0.387 e. The molecule has 0 aliphatic heterocycles. The van der Waals surface area contributed by atoms with Crippen LogP contribution in [0.4, 0.5) is 0 Å². The van der Waals surface area contributed by atoms with Gasteiger partial charge in [0.1, 0.15) is 0 Å². The van der Waals surface area contributed by atoms with Crippen LogP contribution in [0.25, 0.3) is 0 Å². The first-order valence-corrected chi connectivity index (χ1v) is 9.60. The van der Waals surface area contributed by atoms with E-state index < -0.39 is 12.0 Å². The molecular formula is C22H31N3O2. The van der Waals surface area contributed by atoms with Crippen LogP contribution in [-0.4, -0.2) is 30.1 Å². The average Bonchev–Trinajstić information content (AvgIpc) is 2.70. The fourth-order valence-electron chi connectivity index (χ4n) is 3.08. The summed E-state index contributed by atoms with van der Waals surface area (Å²) in [4.78, 5) is 11.3. The zero-order chi connectivity index (χ0) is 19.6. The largest absolute Gasteiger partial charge is 0.387 e. The molecular weight excluding hydrogens is 338 g/mol. The average molecular weight is 370 g/mol. The molecule has 0 radical (unpaired) electrons. The first kappa shape index (κ1) is 21.1. The molecule has 1 amide bonds. The molecule has 5 heteroatoms. The van der Waals surface area contributed by atoms with E-state index in [0.717, 1.165) is 30.5 Å². The fraction of sp³-hybridized carbons (Fsp3) is 0.409. The number of primary amides is 1. The Morgan fingerprint density at radius 3 is 2.30 bits per heavy atom. The highest BCUT2D eigenvalue weighted by atomic mass is 16.3. The van der Waals surface area contributed by atoms with Gasteiger partial charge in [-0.25, -0.2) is 0 Å². The second kappa shape index (κ2) is 10.8. The van der Waals surface area contributed by atoms with Crippen molar-refractivity contribution >= 4 is 5.91 Å². The van der Waals surface area contributed by atoms with Crippen molar-refractivity contribution in [3.05, 3.63) is 71.3 Å². The molecule has 2 aromatic rings. The molecule has 5 nitrogen and oxygen atoms in total. The first-order chi connectivity index (χ1) is 13.0. The van der Waals surface area contributed by atoms with Gasteiger partial charge in [0.2, 0.25) is 5.91 Å². The lowest BCUT2D eigenvalue weighted by Gasteiger charge is -2.24. The molecule has 5 N–H and O–H groups in total. The van der Waals surface area contributed by atoms with E-state index in [4.69, 9.17) is 5.73 Å². The smallest absolute Gasteiger partial charge is 0.248 e. The van der Waals surface area contributed by atoms with Crippen LogP contribution >= 0.6 is 0 Å². The summed E-state index contributed by atoms with van der Waals surface area (Å²) in [6.07, 6.45) is 1.40. The van der Waals surface area contributed by atoms with E-state index in [0.29, 0.717) is 12.1 Å². The van der Waals surface area contributed by atoms with Crippen molar-refractivity contribution in [1.82, 2.24) is 10.6 Å². The SMILES string of the molecule is CCCN[C@@H](CC(C)NC[C@H](O)c1ccccc1)c1ccc(C(N)=O)cc1. The van der Waals surface area contributed by atoms with E-state index in [1.807, 2.05) is 42.5 Å². The van der Waals surface area contributed by atoms with E-state index >= 15 is 0 Å². The molecule has 2 rings (SSSR count). The number of carbonyl (C=O) groups is 1. The molecule has 2 aromatic carbocycles. The van der Waals surface area contributed by atoms with Crippen molar-refractivity contribution in [1.29, 1.82) is 0 Å². The number of aliphatic hydroxyl groups excluding tert-OH is 1. The summed E-state index contributed by atoms with van der Waals surface area (Å²) >= 11 is 0. The van der Waals surface area contributed by atoms with Crippen molar-refractivity contribution in [2.75, 3.05) is 13.1 Å². The van der Waals surface area contributed by atoms with E-state index in [-0.39, 0.29) is 12.1 Å². The lowest BCUT2D eigenvalue weighted by Crippen LogP contribution is -2.35. The summed E-state index contributed by atoms with van der Waals surface area (Å²) in [5.41, 5.74) is 7.89. The van der Waals surface area contributed by atoms with Crippen molar-refractivity contribution in [3.8, 4) is 0 Å². The lowest BCUT2D eigenvalue weighted by atomic mass is 9.98. The molecule has 0 bridgehead atoms. The highest BCUT2D eigenvalue weighted by molar-refractivity contribution is 5.92. The van der Waals surface area contributed by atoms with Gasteiger partial charge in [-0.1, -0.05) is 49.4 Å². The van der Waals surface area contributed by atoms with Crippen molar-refractivity contribution < 1.29 is 9.90 Å². The molecule has 0 aliphatic carbocycles. The van der Waals surface area contributed by atoms with Crippen LogP contribution in [0, 0.1) is 0 Å². The normalized spacial score (nSPS) is 14.5. The molecule has 1 unspecified atom stereocenters. The van der Waals surface area contributed by atoms with Crippen LogP contribution in [0.15, 0.2) is 54.6 Å². The molecule has 0 spiro atoms. The van der Waals surface area contributed by atoms with E-state index in [2.05, 4.69) is 24.5 Å².